The van der Waals surface area contributed by atoms with Crippen LogP contribution in [0, 0.1) is 23.1 Å². The Labute approximate surface area is 200 Å². The number of amides is 1. The van der Waals surface area contributed by atoms with Crippen molar-refractivity contribution >= 4 is 29.2 Å². The Hall–Kier alpha value is -3.84. The summed E-state index contributed by atoms with van der Waals surface area (Å²) in [5.41, 5.74) is 8.02. The smallest absolute Gasteiger partial charge is 0.236 e. The number of anilines is 1. The lowest BCUT2D eigenvalue weighted by Crippen LogP contribution is -2.54. The van der Waals surface area contributed by atoms with Gasteiger partial charge in [0.2, 0.25) is 11.9 Å². The molecular weight excluding hydrogens is 453 g/mol. The molecule has 1 saturated heterocycles. The molecule has 0 saturated carbocycles. The number of carbonyl (C=O) groups excluding carboxylic acids is 1. The van der Waals surface area contributed by atoms with Gasteiger partial charge < -0.3 is 10.6 Å². The van der Waals surface area contributed by atoms with Crippen molar-refractivity contribution < 1.29 is 9.18 Å². The molecule has 0 bridgehead atoms. The largest absolute Gasteiger partial charge is 0.369 e. The summed E-state index contributed by atoms with van der Waals surface area (Å²) >= 11 is 1.50. The summed E-state index contributed by atoms with van der Waals surface area (Å²) in [6.45, 7) is 2.51. The zero-order valence-corrected chi connectivity index (χ0v) is 19.5. The van der Waals surface area contributed by atoms with Crippen molar-refractivity contribution in [2.45, 2.75) is 18.9 Å². The van der Waals surface area contributed by atoms with E-state index >= 15 is 0 Å². The molecule has 2 aliphatic rings. The van der Waals surface area contributed by atoms with Gasteiger partial charge in [-0.1, -0.05) is 19.1 Å². The van der Waals surface area contributed by atoms with Crippen LogP contribution in [0.25, 0.3) is 11.1 Å². The van der Waals surface area contributed by atoms with Crippen LogP contribution in [0.4, 0.5) is 10.3 Å². The predicted octanol–water partition coefficient (Wildman–Crippen LogP) is 2.90. The SMILES string of the molecule is CCc1nc(N2C[C@H]3C(=O)N(C)C(N)=N[C@@]3(c3cc(-c4cccc(C#N)c4)cs3)C2)ncc1F. The predicted molar refractivity (Wildman–Crippen MR) is 128 cm³/mol. The first kappa shape index (κ1) is 22.0. The van der Waals surface area contributed by atoms with Crippen molar-refractivity contribution in [3.63, 3.8) is 0 Å². The lowest BCUT2D eigenvalue weighted by molar-refractivity contribution is -0.132. The fraction of sp³-hybridized carbons (Fsp3) is 0.292. The first-order valence-electron chi connectivity index (χ1n) is 10.8. The number of carbonyl (C=O) groups is 1. The van der Waals surface area contributed by atoms with Crippen LogP contribution in [0.2, 0.25) is 0 Å². The van der Waals surface area contributed by atoms with E-state index in [9.17, 15) is 14.4 Å². The number of aliphatic imine (C=N–C) groups is 1. The van der Waals surface area contributed by atoms with Crippen LogP contribution >= 0.6 is 11.3 Å². The summed E-state index contributed by atoms with van der Waals surface area (Å²) in [5.74, 6) is -0.554. The Morgan fingerprint density at radius 3 is 2.94 bits per heavy atom. The number of halogens is 1. The third-order valence-electron chi connectivity index (χ3n) is 6.47. The number of nitriles is 1. The molecule has 0 spiro atoms. The molecule has 0 aliphatic carbocycles. The molecule has 4 heterocycles. The number of rotatable bonds is 4. The Morgan fingerprint density at radius 1 is 1.35 bits per heavy atom. The average molecular weight is 476 g/mol. The zero-order chi connectivity index (χ0) is 24.0. The van der Waals surface area contributed by atoms with E-state index in [1.807, 2.05) is 41.5 Å². The zero-order valence-electron chi connectivity index (χ0n) is 18.7. The molecule has 1 amide bonds. The Bertz CT molecular complexity index is 1360. The van der Waals surface area contributed by atoms with E-state index in [0.29, 0.717) is 36.7 Å². The van der Waals surface area contributed by atoms with Crippen molar-refractivity contribution in [1.82, 2.24) is 14.9 Å². The highest BCUT2D eigenvalue weighted by atomic mass is 32.1. The summed E-state index contributed by atoms with van der Waals surface area (Å²) in [7, 11) is 1.62. The maximum atomic E-state index is 14.0. The first-order chi connectivity index (χ1) is 16.4. The molecule has 2 aliphatic heterocycles. The van der Waals surface area contributed by atoms with Gasteiger partial charge in [-0.15, -0.1) is 11.3 Å². The fourth-order valence-corrected chi connectivity index (χ4v) is 5.70. The highest BCUT2D eigenvalue weighted by Gasteiger charge is 2.56. The monoisotopic (exact) mass is 475 g/mol. The van der Waals surface area contributed by atoms with Gasteiger partial charge in [0.15, 0.2) is 11.8 Å². The Morgan fingerprint density at radius 2 is 2.18 bits per heavy atom. The van der Waals surface area contributed by atoms with E-state index < -0.39 is 17.3 Å². The summed E-state index contributed by atoms with van der Waals surface area (Å²) in [4.78, 5) is 30.9. The molecule has 10 heteroatoms. The second kappa shape index (κ2) is 8.18. The van der Waals surface area contributed by atoms with Gasteiger partial charge in [-0.25, -0.2) is 19.4 Å². The molecule has 5 rings (SSSR count). The van der Waals surface area contributed by atoms with E-state index in [-0.39, 0.29) is 11.9 Å². The fourth-order valence-electron chi connectivity index (χ4n) is 4.59. The van der Waals surface area contributed by atoms with E-state index in [1.165, 1.54) is 22.4 Å². The van der Waals surface area contributed by atoms with E-state index in [2.05, 4.69) is 16.0 Å². The minimum atomic E-state index is -0.909. The number of hydrogen-bond acceptors (Lipinski definition) is 8. The molecule has 1 fully saturated rings. The van der Waals surface area contributed by atoms with Gasteiger partial charge in [-0.3, -0.25) is 9.69 Å². The Kier molecular flexibility index (Phi) is 5.29. The van der Waals surface area contributed by atoms with Gasteiger partial charge in [0, 0.05) is 18.5 Å². The topological polar surface area (TPSA) is 112 Å². The molecule has 34 heavy (non-hydrogen) atoms. The van der Waals surface area contributed by atoms with Gasteiger partial charge in [0.1, 0.15) is 5.54 Å². The third-order valence-corrected chi connectivity index (χ3v) is 7.57. The van der Waals surface area contributed by atoms with Crippen LogP contribution in [0.3, 0.4) is 0 Å². The van der Waals surface area contributed by atoms with Crippen molar-refractivity contribution in [2.75, 3.05) is 25.0 Å². The van der Waals surface area contributed by atoms with E-state index in [1.54, 1.807) is 13.1 Å². The van der Waals surface area contributed by atoms with Crippen molar-refractivity contribution in [3.05, 3.63) is 63.9 Å². The van der Waals surface area contributed by atoms with Crippen molar-refractivity contribution in [2.24, 2.45) is 16.6 Å². The van der Waals surface area contributed by atoms with Gasteiger partial charge in [-0.2, -0.15) is 5.26 Å². The van der Waals surface area contributed by atoms with E-state index in [4.69, 9.17) is 10.7 Å². The quantitative estimate of drug-likeness (QED) is 0.621. The minimum Gasteiger partial charge on any atom is -0.369 e. The van der Waals surface area contributed by atoms with Crippen molar-refractivity contribution in [1.29, 1.82) is 5.26 Å². The average Bonchev–Trinajstić information content (AvgIpc) is 3.50. The molecule has 172 valence electrons. The molecular formula is C24H22FN7OS. The van der Waals surface area contributed by atoms with Gasteiger partial charge in [-0.05, 0) is 41.1 Å². The molecule has 1 aromatic carbocycles. The third kappa shape index (κ3) is 3.40. The van der Waals surface area contributed by atoms with Gasteiger partial charge >= 0.3 is 0 Å². The maximum Gasteiger partial charge on any atom is 0.236 e. The van der Waals surface area contributed by atoms with Crippen LogP contribution in [0.1, 0.15) is 23.1 Å². The normalized spacial score (nSPS) is 21.9. The van der Waals surface area contributed by atoms with Crippen LogP contribution < -0.4 is 10.6 Å². The summed E-state index contributed by atoms with van der Waals surface area (Å²) < 4.78 is 14.0. The number of fused-ring (bicyclic) bond motifs is 1. The molecule has 2 N–H and O–H groups in total. The number of guanidine groups is 1. The number of nitrogens with two attached hydrogens (primary N) is 1. The van der Waals surface area contributed by atoms with Gasteiger partial charge in [0.05, 0.1) is 36.0 Å². The molecule has 0 unspecified atom stereocenters. The van der Waals surface area contributed by atoms with E-state index in [0.717, 1.165) is 16.0 Å². The second-order valence-electron chi connectivity index (χ2n) is 8.44. The van der Waals surface area contributed by atoms with Crippen LogP contribution in [-0.2, 0) is 16.8 Å². The first-order valence-corrected chi connectivity index (χ1v) is 11.7. The van der Waals surface area contributed by atoms with Crippen LogP contribution in [0.15, 0.2) is 46.9 Å². The lowest BCUT2D eigenvalue weighted by Gasteiger charge is -2.36. The number of nitrogens with zero attached hydrogens (tertiary/aromatic N) is 6. The number of thiophene rings is 1. The molecule has 0 radical (unpaired) electrons. The molecule has 3 aromatic rings. The minimum absolute atomic E-state index is 0.130. The highest BCUT2D eigenvalue weighted by Crippen LogP contribution is 2.47. The highest BCUT2D eigenvalue weighted by molar-refractivity contribution is 7.10. The number of benzene rings is 1. The standard InChI is InChI=1S/C24H22FN7OS/c1-3-19-18(25)10-28-23(29-19)32-11-17-21(33)31(2)22(27)30-24(17,13-32)20-8-16(12-34-20)15-6-4-5-14(7-15)9-26/h4-8,10,12,17H,3,11,13H2,1-2H3,(H2,27,30)/t17-,24-/m0/s1. The van der Waals surface area contributed by atoms with Gasteiger partial charge in [0.25, 0.3) is 0 Å². The number of hydrogen-bond donors (Lipinski definition) is 1. The lowest BCUT2D eigenvalue weighted by atomic mass is 9.83. The summed E-state index contributed by atoms with van der Waals surface area (Å²) in [5, 5.41) is 11.3. The van der Waals surface area contributed by atoms with Crippen LogP contribution in [0.5, 0.6) is 0 Å². The molecule has 2 atom stereocenters. The molecule has 2 aromatic heterocycles. The van der Waals surface area contributed by atoms with Crippen molar-refractivity contribution in [3.8, 4) is 17.2 Å². The Balaban J connectivity index is 1.59. The summed E-state index contributed by atoms with van der Waals surface area (Å²) in [6.07, 6.45) is 1.61. The summed E-state index contributed by atoms with van der Waals surface area (Å²) in [6, 6.07) is 11.6. The maximum absolute atomic E-state index is 14.0. The molecule has 8 nitrogen and oxygen atoms in total. The number of aryl methyl sites for hydroxylation is 1. The number of aromatic nitrogens is 2. The second-order valence-corrected chi connectivity index (χ2v) is 9.35. The van der Waals surface area contributed by atoms with Crippen LogP contribution in [-0.4, -0.2) is 46.9 Å².